The van der Waals surface area contributed by atoms with Crippen LogP contribution < -0.4 is 0 Å². The van der Waals surface area contributed by atoms with Crippen molar-refractivity contribution in [1.29, 1.82) is 0 Å². The Labute approximate surface area is 122 Å². The van der Waals surface area contributed by atoms with E-state index in [0.29, 0.717) is 13.0 Å². The van der Waals surface area contributed by atoms with Gasteiger partial charge in [-0.25, -0.2) is 0 Å². The molecule has 1 fully saturated rings. The summed E-state index contributed by atoms with van der Waals surface area (Å²) in [7, 11) is -1.88. The monoisotopic (exact) mass is 306 g/mol. The van der Waals surface area contributed by atoms with Gasteiger partial charge in [0.1, 0.15) is 0 Å². The maximum absolute atomic E-state index is 13.0. The summed E-state index contributed by atoms with van der Waals surface area (Å²) in [5.74, 6) is -0.664. The second-order valence-corrected chi connectivity index (χ2v) is 11.7. The molecule has 1 heterocycles. The van der Waals surface area contributed by atoms with Crippen molar-refractivity contribution in [3.63, 3.8) is 0 Å². The van der Waals surface area contributed by atoms with Crippen LogP contribution in [-0.4, -0.2) is 40.0 Å². The molecule has 0 radical (unpaired) electrons. The van der Waals surface area contributed by atoms with Crippen LogP contribution in [0.1, 0.15) is 34.1 Å². The molecular formula is C14H27FO4Si. The van der Waals surface area contributed by atoms with Crippen LogP contribution in [0.25, 0.3) is 0 Å². The number of carbonyl (C=O) groups excluding carboxylic acids is 1. The highest BCUT2D eigenvalue weighted by Crippen LogP contribution is 2.37. The lowest BCUT2D eigenvalue weighted by Gasteiger charge is -2.37. The molecule has 1 saturated heterocycles. The van der Waals surface area contributed by atoms with Crippen LogP contribution in [0, 0.1) is 5.92 Å². The average Bonchev–Trinajstić information content (AvgIpc) is 2.66. The highest BCUT2D eigenvalue weighted by Gasteiger charge is 2.41. The van der Waals surface area contributed by atoms with Gasteiger partial charge in [0.15, 0.2) is 8.32 Å². The van der Waals surface area contributed by atoms with Gasteiger partial charge in [-0.3, -0.25) is 9.18 Å². The van der Waals surface area contributed by atoms with Gasteiger partial charge >= 0.3 is 5.97 Å². The second-order valence-electron chi connectivity index (χ2n) is 6.93. The summed E-state index contributed by atoms with van der Waals surface area (Å²) in [6.07, 6.45) is -0.568. The molecule has 6 heteroatoms. The number of carbonyl (C=O) groups is 1. The maximum atomic E-state index is 13.0. The Hall–Kier alpha value is -0.463. The fourth-order valence-corrected chi connectivity index (χ4v) is 2.88. The van der Waals surface area contributed by atoms with Crippen LogP contribution >= 0.6 is 0 Å². The van der Waals surface area contributed by atoms with Crippen LogP contribution in [0.5, 0.6) is 0 Å². The van der Waals surface area contributed by atoms with E-state index in [1.807, 2.05) is 0 Å². The zero-order valence-electron chi connectivity index (χ0n) is 13.4. The quantitative estimate of drug-likeness (QED) is 0.577. The van der Waals surface area contributed by atoms with Crippen LogP contribution in [-0.2, 0) is 18.7 Å². The predicted molar refractivity (Wildman–Crippen MR) is 77.7 cm³/mol. The zero-order chi connectivity index (χ0) is 15.6. The Balaban J connectivity index is 2.56. The topological polar surface area (TPSA) is 44.8 Å². The third-order valence-electron chi connectivity index (χ3n) is 4.26. The van der Waals surface area contributed by atoms with Gasteiger partial charge in [-0.15, -0.1) is 0 Å². The van der Waals surface area contributed by atoms with E-state index in [4.69, 9.17) is 13.9 Å². The van der Waals surface area contributed by atoms with Crippen LogP contribution in [0.2, 0.25) is 18.1 Å². The van der Waals surface area contributed by atoms with Gasteiger partial charge in [0.05, 0.1) is 19.4 Å². The van der Waals surface area contributed by atoms with Crippen molar-refractivity contribution in [2.75, 3.05) is 13.3 Å². The standard InChI is InChI=1S/C14H27FO4Si/c1-10(16)18-13-7-11(8-15)12(19-13)9-17-20(5,6)14(2,3)4/h11-13H,7-9H2,1-6H3/t11-,12-,13?/m1/s1. The fraction of sp³-hybridized carbons (Fsp3) is 0.929. The first-order valence-corrected chi connectivity index (χ1v) is 10.00. The van der Waals surface area contributed by atoms with Gasteiger partial charge in [0, 0.05) is 19.3 Å². The Bertz CT molecular complexity index is 341. The predicted octanol–water partition coefficient (Wildman–Crippen LogP) is 3.27. The summed E-state index contributed by atoms with van der Waals surface area (Å²) >= 11 is 0. The van der Waals surface area contributed by atoms with E-state index in [0.717, 1.165) is 0 Å². The van der Waals surface area contributed by atoms with Gasteiger partial charge < -0.3 is 13.9 Å². The largest absolute Gasteiger partial charge is 0.436 e. The van der Waals surface area contributed by atoms with Crippen LogP contribution in [0.15, 0.2) is 0 Å². The highest BCUT2D eigenvalue weighted by molar-refractivity contribution is 6.74. The Morgan fingerprint density at radius 1 is 1.40 bits per heavy atom. The average molecular weight is 306 g/mol. The maximum Gasteiger partial charge on any atom is 0.304 e. The summed E-state index contributed by atoms with van der Waals surface area (Å²) < 4.78 is 29.7. The molecule has 0 amide bonds. The van der Waals surface area contributed by atoms with Crippen molar-refractivity contribution < 1.29 is 23.1 Å². The number of halogens is 1. The molecule has 1 unspecified atom stereocenters. The van der Waals surface area contributed by atoms with Gasteiger partial charge in [-0.1, -0.05) is 20.8 Å². The van der Waals surface area contributed by atoms with E-state index in [-0.39, 0.29) is 17.1 Å². The molecule has 0 saturated carbocycles. The van der Waals surface area contributed by atoms with E-state index < -0.39 is 27.3 Å². The SMILES string of the molecule is CC(=O)OC1C[C@H](CF)[C@@H](CO[Si](C)(C)C(C)(C)C)O1. The van der Waals surface area contributed by atoms with Crippen LogP contribution in [0.3, 0.4) is 0 Å². The minimum absolute atomic E-state index is 0.103. The van der Waals surface area contributed by atoms with E-state index in [2.05, 4.69) is 33.9 Å². The van der Waals surface area contributed by atoms with Gasteiger partial charge in [-0.2, -0.15) is 0 Å². The number of alkyl halides is 1. The first kappa shape index (κ1) is 17.6. The summed E-state index contributed by atoms with van der Waals surface area (Å²) in [6, 6.07) is 0. The molecule has 0 aromatic heterocycles. The van der Waals surface area contributed by atoms with Crippen molar-refractivity contribution in [3.05, 3.63) is 0 Å². The molecule has 20 heavy (non-hydrogen) atoms. The third-order valence-corrected chi connectivity index (χ3v) is 8.76. The zero-order valence-corrected chi connectivity index (χ0v) is 14.4. The molecule has 0 spiro atoms. The molecule has 1 rings (SSSR count). The number of hydrogen-bond acceptors (Lipinski definition) is 4. The normalized spacial score (nSPS) is 27.6. The van der Waals surface area contributed by atoms with Gasteiger partial charge in [0.2, 0.25) is 6.29 Å². The Morgan fingerprint density at radius 2 is 2.00 bits per heavy atom. The molecule has 0 bridgehead atoms. The molecule has 1 aliphatic rings. The molecule has 0 aliphatic carbocycles. The number of esters is 1. The van der Waals surface area contributed by atoms with E-state index in [1.165, 1.54) is 6.92 Å². The lowest BCUT2D eigenvalue weighted by molar-refractivity contribution is -0.174. The third kappa shape index (κ3) is 4.53. The van der Waals surface area contributed by atoms with Gasteiger partial charge in [-0.05, 0) is 18.1 Å². The smallest absolute Gasteiger partial charge is 0.304 e. The van der Waals surface area contributed by atoms with Crippen molar-refractivity contribution in [3.8, 4) is 0 Å². The van der Waals surface area contributed by atoms with Gasteiger partial charge in [0.25, 0.3) is 0 Å². The van der Waals surface area contributed by atoms with Crippen molar-refractivity contribution in [2.24, 2.45) is 5.92 Å². The lowest BCUT2D eigenvalue weighted by atomic mass is 10.0. The van der Waals surface area contributed by atoms with E-state index in [1.54, 1.807) is 0 Å². The lowest BCUT2D eigenvalue weighted by Crippen LogP contribution is -2.43. The summed E-state index contributed by atoms with van der Waals surface area (Å²) in [5.41, 5.74) is 0. The highest BCUT2D eigenvalue weighted by atomic mass is 28.4. The molecule has 0 aromatic rings. The Kier molecular flexibility index (Phi) is 5.75. The molecule has 118 valence electrons. The molecule has 3 atom stereocenters. The summed E-state index contributed by atoms with van der Waals surface area (Å²) in [4.78, 5) is 10.9. The second kappa shape index (κ2) is 6.53. The minimum atomic E-state index is -1.88. The molecule has 4 nitrogen and oxygen atoms in total. The first-order chi connectivity index (χ1) is 9.06. The molecule has 0 N–H and O–H groups in total. The number of ether oxygens (including phenoxy) is 2. The number of hydrogen-bond donors (Lipinski definition) is 0. The van der Waals surface area contributed by atoms with Crippen LogP contribution in [0.4, 0.5) is 4.39 Å². The van der Waals surface area contributed by atoms with Crippen molar-refractivity contribution in [2.45, 2.75) is 64.6 Å². The molecule has 0 aromatic carbocycles. The fourth-order valence-electron chi connectivity index (χ4n) is 1.87. The first-order valence-electron chi connectivity index (χ1n) is 7.09. The van der Waals surface area contributed by atoms with E-state index >= 15 is 0 Å². The summed E-state index contributed by atoms with van der Waals surface area (Å²) in [5, 5.41) is 0.103. The Morgan fingerprint density at radius 3 is 2.45 bits per heavy atom. The van der Waals surface area contributed by atoms with E-state index in [9.17, 15) is 9.18 Å². The molecule has 1 aliphatic heterocycles. The summed E-state index contributed by atoms with van der Waals surface area (Å²) in [6.45, 7) is 12.0. The van der Waals surface area contributed by atoms with Crippen molar-refractivity contribution >= 4 is 14.3 Å². The number of rotatable bonds is 5. The molecular weight excluding hydrogens is 279 g/mol. The van der Waals surface area contributed by atoms with Crippen molar-refractivity contribution in [1.82, 2.24) is 0 Å². The minimum Gasteiger partial charge on any atom is -0.436 e.